The second kappa shape index (κ2) is 4.25. The van der Waals surface area contributed by atoms with Crippen LogP contribution in [0, 0.1) is 12.8 Å². The van der Waals surface area contributed by atoms with E-state index < -0.39 is 0 Å². The summed E-state index contributed by atoms with van der Waals surface area (Å²) in [6, 6.07) is 0.227. The van der Waals surface area contributed by atoms with Gasteiger partial charge < -0.3 is 15.2 Å². The summed E-state index contributed by atoms with van der Waals surface area (Å²) >= 11 is 0. The minimum absolute atomic E-state index is 0.0709. The quantitative estimate of drug-likeness (QED) is 0.804. The average molecular weight is 223 g/mol. The lowest BCUT2D eigenvalue weighted by Crippen LogP contribution is -2.34. The van der Waals surface area contributed by atoms with Crippen LogP contribution in [0.2, 0.25) is 0 Å². The van der Waals surface area contributed by atoms with Gasteiger partial charge >= 0.3 is 0 Å². The minimum atomic E-state index is -0.0709. The first-order chi connectivity index (χ1) is 7.63. The van der Waals surface area contributed by atoms with Gasteiger partial charge in [-0.15, -0.1) is 0 Å². The van der Waals surface area contributed by atoms with Crippen molar-refractivity contribution >= 4 is 5.91 Å². The fourth-order valence-corrected chi connectivity index (χ4v) is 2.22. The molecule has 1 aromatic rings. The van der Waals surface area contributed by atoms with E-state index >= 15 is 0 Å². The number of carbonyl (C=O) groups excluding carboxylic acids is 1. The number of hydrogen-bond acceptors (Lipinski definition) is 4. The Morgan fingerprint density at radius 1 is 1.75 bits per heavy atom. The molecule has 0 radical (unpaired) electrons. The van der Waals surface area contributed by atoms with Crippen molar-refractivity contribution in [1.29, 1.82) is 0 Å². The summed E-state index contributed by atoms with van der Waals surface area (Å²) in [5.74, 6) is 0.685. The molecule has 5 heteroatoms. The number of aryl methyl sites for hydroxylation is 1. The van der Waals surface area contributed by atoms with Crippen molar-refractivity contribution in [1.82, 2.24) is 10.1 Å². The molecular formula is C11H17N3O2. The Kier molecular flexibility index (Phi) is 2.96. The van der Waals surface area contributed by atoms with E-state index in [0.29, 0.717) is 18.2 Å². The van der Waals surface area contributed by atoms with E-state index in [4.69, 9.17) is 10.3 Å². The molecule has 1 saturated heterocycles. The molecule has 0 spiro atoms. The second-order valence-electron chi connectivity index (χ2n) is 4.48. The van der Waals surface area contributed by atoms with Gasteiger partial charge in [0.15, 0.2) is 0 Å². The summed E-state index contributed by atoms with van der Waals surface area (Å²) < 4.78 is 4.98. The lowest BCUT2D eigenvalue weighted by molar-refractivity contribution is 0.0700. The van der Waals surface area contributed by atoms with Crippen molar-refractivity contribution in [3.05, 3.63) is 17.5 Å². The summed E-state index contributed by atoms with van der Waals surface area (Å²) in [6.07, 6.45) is 2.53. The molecule has 0 aromatic carbocycles. The number of hydrogen-bond donors (Lipinski definition) is 1. The molecule has 2 N–H and O–H groups in total. The lowest BCUT2D eigenvalue weighted by atomic mass is 10.1. The predicted molar refractivity (Wildman–Crippen MR) is 58.9 cm³/mol. The van der Waals surface area contributed by atoms with Crippen LogP contribution in [0.25, 0.3) is 0 Å². The van der Waals surface area contributed by atoms with Gasteiger partial charge in [-0.3, -0.25) is 4.79 Å². The van der Waals surface area contributed by atoms with Crippen LogP contribution in [0.5, 0.6) is 0 Å². The van der Waals surface area contributed by atoms with Crippen LogP contribution < -0.4 is 5.73 Å². The fourth-order valence-electron chi connectivity index (χ4n) is 2.22. The van der Waals surface area contributed by atoms with Crippen LogP contribution in [-0.4, -0.2) is 35.1 Å². The summed E-state index contributed by atoms with van der Waals surface area (Å²) in [5, 5.41) is 3.63. The molecule has 0 bridgehead atoms. The maximum absolute atomic E-state index is 12.2. The number of likely N-dealkylation sites (tertiary alicyclic amines) is 1. The third-order valence-electron chi connectivity index (χ3n) is 3.20. The van der Waals surface area contributed by atoms with Crippen molar-refractivity contribution < 1.29 is 9.32 Å². The largest absolute Gasteiger partial charge is 0.351 e. The van der Waals surface area contributed by atoms with E-state index in [1.807, 2.05) is 18.7 Å². The Bertz CT molecular complexity index is 388. The topological polar surface area (TPSA) is 72.4 Å². The summed E-state index contributed by atoms with van der Waals surface area (Å²) in [7, 11) is 0. The molecule has 16 heavy (non-hydrogen) atoms. The molecule has 1 fully saturated rings. The van der Waals surface area contributed by atoms with Crippen LogP contribution >= 0.6 is 0 Å². The Labute approximate surface area is 94.6 Å². The first-order valence-corrected chi connectivity index (χ1v) is 5.55. The maximum Gasteiger partial charge on any atom is 0.292 e. The standard InChI is InChI=1S/C11H17N3O2/c1-7-5-13-16-10(7)11(15)14-6-9(4-12)3-8(14)2/h5,8-9H,3-4,6,12H2,1-2H3. The van der Waals surface area contributed by atoms with Crippen molar-refractivity contribution in [3.63, 3.8) is 0 Å². The molecule has 2 atom stereocenters. The molecule has 88 valence electrons. The molecule has 1 aliphatic heterocycles. The monoisotopic (exact) mass is 223 g/mol. The third-order valence-corrected chi connectivity index (χ3v) is 3.20. The second-order valence-corrected chi connectivity index (χ2v) is 4.48. The Morgan fingerprint density at radius 3 is 3.00 bits per heavy atom. The van der Waals surface area contributed by atoms with Gasteiger partial charge in [-0.05, 0) is 32.7 Å². The van der Waals surface area contributed by atoms with Crippen molar-refractivity contribution in [3.8, 4) is 0 Å². The van der Waals surface area contributed by atoms with E-state index in [1.165, 1.54) is 0 Å². The van der Waals surface area contributed by atoms with E-state index in [-0.39, 0.29) is 11.9 Å². The molecule has 2 unspecified atom stereocenters. The number of amides is 1. The van der Waals surface area contributed by atoms with Crippen LogP contribution in [0.4, 0.5) is 0 Å². The Balaban J connectivity index is 2.14. The fraction of sp³-hybridized carbons (Fsp3) is 0.636. The minimum Gasteiger partial charge on any atom is -0.351 e. The number of carbonyl (C=O) groups is 1. The predicted octanol–water partition coefficient (Wildman–Crippen LogP) is 0.792. The molecule has 1 amide bonds. The van der Waals surface area contributed by atoms with Gasteiger partial charge in [-0.2, -0.15) is 0 Å². The smallest absolute Gasteiger partial charge is 0.292 e. The summed E-state index contributed by atoms with van der Waals surface area (Å²) in [6.45, 7) is 5.21. The van der Waals surface area contributed by atoms with E-state index in [2.05, 4.69) is 5.16 Å². The average Bonchev–Trinajstić information content (AvgIpc) is 2.83. The highest BCUT2D eigenvalue weighted by molar-refractivity contribution is 5.93. The van der Waals surface area contributed by atoms with Gasteiger partial charge in [0.1, 0.15) is 0 Å². The Hall–Kier alpha value is -1.36. The summed E-state index contributed by atoms with van der Waals surface area (Å²) in [4.78, 5) is 14.0. The number of nitrogens with zero attached hydrogens (tertiary/aromatic N) is 2. The van der Waals surface area contributed by atoms with Gasteiger partial charge in [0.25, 0.3) is 5.91 Å². The lowest BCUT2D eigenvalue weighted by Gasteiger charge is -2.20. The van der Waals surface area contributed by atoms with Crippen molar-refractivity contribution in [2.24, 2.45) is 11.7 Å². The van der Waals surface area contributed by atoms with Gasteiger partial charge in [0.2, 0.25) is 5.76 Å². The SMILES string of the molecule is Cc1cnoc1C(=O)N1CC(CN)CC1C. The number of nitrogens with two attached hydrogens (primary N) is 1. The molecule has 2 rings (SSSR count). The normalized spacial score (nSPS) is 25.1. The van der Waals surface area contributed by atoms with Crippen molar-refractivity contribution in [2.75, 3.05) is 13.1 Å². The van der Waals surface area contributed by atoms with E-state index in [9.17, 15) is 4.79 Å². The molecule has 1 aliphatic rings. The van der Waals surface area contributed by atoms with Crippen LogP contribution in [0.15, 0.2) is 10.7 Å². The summed E-state index contributed by atoms with van der Waals surface area (Å²) in [5.41, 5.74) is 6.42. The first-order valence-electron chi connectivity index (χ1n) is 5.55. The zero-order chi connectivity index (χ0) is 11.7. The highest BCUT2D eigenvalue weighted by Crippen LogP contribution is 2.24. The van der Waals surface area contributed by atoms with Gasteiger partial charge in [0, 0.05) is 18.2 Å². The first kappa shape index (κ1) is 11.1. The Morgan fingerprint density at radius 2 is 2.50 bits per heavy atom. The van der Waals surface area contributed by atoms with Crippen LogP contribution in [-0.2, 0) is 0 Å². The molecule has 0 aliphatic carbocycles. The van der Waals surface area contributed by atoms with Gasteiger partial charge in [-0.25, -0.2) is 0 Å². The highest BCUT2D eigenvalue weighted by atomic mass is 16.5. The molecule has 5 nitrogen and oxygen atoms in total. The molecule has 0 saturated carbocycles. The van der Waals surface area contributed by atoms with Crippen LogP contribution in [0.1, 0.15) is 29.5 Å². The van der Waals surface area contributed by atoms with Crippen LogP contribution in [0.3, 0.4) is 0 Å². The third kappa shape index (κ3) is 1.82. The van der Waals surface area contributed by atoms with E-state index in [0.717, 1.165) is 18.5 Å². The molecular weight excluding hydrogens is 206 g/mol. The molecule has 2 heterocycles. The van der Waals surface area contributed by atoms with Gasteiger partial charge in [0.05, 0.1) is 6.20 Å². The van der Waals surface area contributed by atoms with Crippen molar-refractivity contribution in [2.45, 2.75) is 26.3 Å². The highest BCUT2D eigenvalue weighted by Gasteiger charge is 2.34. The van der Waals surface area contributed by atoms with E-state index in [1.54, 1.807) is 6.20 Å². The van der Waals surface area contributed by atoms with Gasteiger partial charge in [-0.1, -0.05) is 5.16 Å². The zero-order valence-corrected chi connectivity index (χ0v) is 9.64. The maximum atomic E-state index is 12.2. The zero-order valence-electron chi connectivity index (χ0n) is 9.64. The number of aromatic nitrogens is 1. The number of rotatable bonds is 2. The molecule has 1 aromatic heterocycles.